The number of anilines is 1. The maximum absolute atomic E-state index is 13.7. The van der Waals surface area contributed by atoms with Crippen molar-refractivity contribution in [1.82, 2.24) is 4.90 Å². The van der Waals surface area contributed by atoms with Gasteiger partial charge in [-0.15, -0.1) is 0 Å². The highest BCUT2D eigenvalue weighted by Crippen LogP contribution is 2.32. The van der Waals surface area contributed by atoms with Gasteiger partial charge in [0.2, 0.25) is 0 Å². The zero-order valence-corrected chi connectivity index (χ0v) is 14.7. The molecule has 0 radical (unpaired) electrons. The summed E-state index contributed by atoms with van der Waals surface area (Å²) < 4.78 is 14.2. The summed E-state index contributed by atoms with van der Waals surface area (Å²) in [7, 11) is 0. The van der Waals surface area contributed by atoms with Gasteiger partial charge in [0.15, 0.2) is 0 Å². The molecule has 1 aliphatic rings. The summed E-state index contributed by atoms with van der Waals surface area (Å²) in [5, 5.41) is 3.75. The molecule has 122 valence electrons. The van der Waals surface area contributed by atoms with Crippen molar-refractivity contribution in [3.8, 4) is 0 Å². The molecule has 0 saturated carbocycles. The standard InChI is InChI=1S/C17H12ClFN2OS2/c18-12-5-7-13(8-6-12)20-10-21-16(22)15(24-17(21)23)9-11-3-1-2-4-14(11)19/h1-9,20H,10H2/b15-9-. The van der Waals surface area contributed by atoms with Crippen LogP contribution in [-0.2, 0) is 4.79 Å². The molecule has 1 aliphatic heterocycles. The number of nitrogens with zero attached hydrogens (tertiary/aromatic N) is 1. The molecule has 0 unspecified atom stereocenters. The average molecular weight is 379 g/mol. The number of carbonyl (C=O) groups is 1. The van der Waals surface area contributed by atoms with E-state index < -0.39 is 0 Å². The van der Waals surface area contributed by atoms with Gasteiger partial charge in [-0.2, -0.15) is 0 Å². The Bertz CT molecular complexity index is 824. The van der Waals surface area contributed by atoms with Crippen LogP contribution in [0.2, 0.25) is 5.02 Å². The quantitative estimate of drug-likeness (QED) is 0.614. The maximum atomic E-state index is 13.7. The van der Waals surface area contributed by atoms with E-state index in [0.717, 1.165) is 17.4 Å². The van der Waals surface area contributed by atoms with Gasteiger partial charge in [-0.25, -0.2) is 4.39 Å². The number of benzene rings is 2. The predicted molar refractivity (Wildman–Crippen MR) is 101 cm³/mol. The number of halogens is 2. The minimum atomic E-state index is -0.373. The van der Waals surface area contributed by atoms with Crippen molar-refractivity contribution in [1.29, 1.82) is 0 Å². The number of amides is 1. The van der Waals surface area contributed by atoms with E-state index in [1.54, 1.807) is 30.3 Å². The monoisotopic (exact) mass is 378 g/mol. The van der Waals surface area contributed by atoms with Crippen molar-refractivity contribution < 1.29 is 9.18 Å². The van der Waals surface area contributed by atoms with Crippen LogP contribution < -0.4 is 5.32 Å². The molecule has 0 aromatic heterocycles. The first-order chi connectivity index (χ1) is 11.5. The normalized spacial score (nSPS) is 16.1. The first-order valence-corrected chi connectivity index (χ1v) is 8.64. The van der Waals surface area contributed by atoms with Crippen molar-refractivity contribution in [3.05, 3.63) is 69.8 Å². The summed E-state index contributed by atoms with van der Waals surface area (Å²) in [6.45, 7) is 0.237. The minimum absolute atomic E-state index is 0.237. The Morgan fingerprint density at radius 1 is 1.21 bits per heavy atom. The number of thiocarbonyl (C=S) groups is 1. The molecule has 0 aliphatic carbocycles. The highest BCUT2D eigenvalue weighted by atomic mass is 35.5. The lowest BCUT2D eigenvalue weighted by Crippen LogP contribution is -2.33. The van der Waals surface area contributed by atoms with Crippen molar-refractivity contribution in [2.45, 2.75) is 0 Å². The van der Waals surface area contributed by atoms with Crippen LogP contribution >= 0.6 is 35.6 Å². The van der Waals surface area contributed by atoms with Gasteiger partial charge >= 0.3 is 0 Å². The van der Waals surface area contributed by atoms with Crippen LogP contribution in [0.3, 0.4) is 0 Å². The second-order valence-electron chi connectivity index (χ2n) is 4.97. The van der Waals surface area contributed by atoms with Gasteiger partial charge in [-0.1, -0.05) is 53.8 Å². The third-order valence-electron chi connectivity index (χ3n) is 3.35. The molecule has 2 aromatic rings. The molecule has 1 amide bonds. The Labute approximate surface area is 153 Å². The zero-order chi connectivity index (χ0) is 17.1. The molecule has 1 N–H and O–H groups in total. The molecular formula is C17H12ClFN2OS2. The molecule has 7 heteroatoms. The number of carbonyl (C=O) groups excluding carboxylic acids is 1. The summed E-state index contributed by atoms with van der Waals surface area (Å²) in [5.41, 5.74) is 1.19. The van der Waals surface area contributed by atoms with E-state index in [9.17, 15) is 9.18 Å². The highest BCUT2D eigenvalue weighted by molar-refractivity contribution is 8.26. The number of rotatable bonds is 4. The van der Waals surface area contributed by atoms with Crippen molar-refractivity contribution >= 4 is 57.6 Å². The summed E-state index contributed by atoms with van der Waals surface area (Å²) >= 11 is 12.3. The van der Waals surface area contributed by atoms with Crippen LogP contribution in [0.25, 0.3) is 6.08 Å². The fourth-order valence-corrected chi connectivity index (χ4v) is 3.48. The Kier molecular flexibility index (Phi) is 5.18. The van der Waals surface area contributed by atoms with E-state index in [4.69, 9.17) is 23.8 Å². The van der Waals surface area contributed by atoms with Gasteiger partial charge in [-0.3, -0.25) is 9.69 Å². The van der Waals surface area contributed by atoms with E-state index in [2.05, 4.69) is 5.32 Å². The molecular weight excluding hydrogens is 367 g/mol. The smallest absolute Gasteiger partial charge is 0.267 e. The fraction of sp³-hybridized carbons (Fsp3) is 0.0588. The first kappa shape index (κ1) is 17.0. The molecule has 0 spiro atoms. The summed E-state index contributed by atoms with van der Waals surface area (Å²) in [6, 6.07) is 13.4. The SMILES string of the molecule is O=C1/C(=C/c2ccccc2F)SC(=S)N1CNc1ccc(Cl)cc1. The third kappa shape index (κ3) is 3.77. The fourth-order valence-electron chi connectivity index (χ4n) is 2.11. The van der Waals surface area contributed by atoms with E-state index in [1.807, 2.05) is 12.1 Å². The van der Waals surface area contributed by atoms with Crippen molar-refractivity contribution in [2.75, 3.05) is 12.0 Å². The van der Waals surface area contributed by atoms with E-state index >= 15 is 0 Å². The summed E-state index contributed by atoms with van der Waals surface area (Å²) in [5.74, 6) is -0.614. The van der Waals surface area contributed by atoms with Gasteiger partial charge in [0.05, 0.1) is 11.6 Å². The van der Waals surface area contributed by atoms with Crippen LogP contribution in [0.15, 0.2) is 53.4 Å². The van der Waals surface area contributed by atoms with Gasteiger partial charge < -0.3 is 5.32 Å². The molecule has 1 fully saturated rings. The van der Waals surface area contributed by atoms with Crippen LogP contribution in [0.4, 0.5) is 10.1 Å². The van der Waals surface area contributed by atoms with E-state index in [-0.39, 0.29) is 18.4 Å². The zero-order valence-electron chi connectivity index (χ0n) is 12.3. The van der Waals surface area contributed by atoms with Crippen LogP contribution in [0.5, 0.6) is 0 Å². The summed E-state index contributed by atoms with van der Waals surface area (Å²) in [6.07, 6.45) is 1.52. The molecule has 2 aromatic carbocycles. The first-order valence-electron chi connectivity index (χ1n) is 7.04. The average Bonchev–Trinajstić information content (AvgIpc) is 2.83. The van der Waals surface area contributed by atoms with Gasteiger partial charge in [0, 0.05) is 16.3 Å². The van der Waals surface area contributed by atoms with Crippen molar-refractivity contribution in [2.24, 2.45) is 0 Å². The molecule has 24 heavy (non-hydrogen) atoms. The molecule has 0 atom stereocenters. The molecule has 1 saturated heterocycles. The Balaban J connectivity index is 1.72. The van der Waals surface area contributed by atoms with Gasteiger partial charge in [0.25, 0.3) is 5.91 Å². The summed E-state index contributed by atoms with van der Waals surface area (Å²) in [4.78, 5) is 14.3. The van der Waals surface area contributed by atoms with E-state index in [1.165, 1.54) is 17.0 Å². The number of hydrogen-bond donors (Lipinski definition) is 1. The molecule has 3 rings (SSSR count). The molecule has 0 bridgehead atoms. The second kappa shape index (κ2) is 7.34. The van der Waals surface area contributed by atoms with Crippen LogP contribution in [0, 0.1) is 5.82 Å². The lowest BCUT2D eigenvalue weighted by atomic mass is 10.2. The number of nitrogens with one attached hydrogen (secondary N) is 1. The largest absolute Gasteiger partial charge is 0.367 e. The molecule has 3 nitrogen and oxygen atoms in total. The topological polar surface area (TPSA) is 32.3 Å². The van der Waals surface area contributed by atoms with Crippen LogP contribution in [0.1, 0.15) is 5.56 Å². The Morgan fingerprint density at radius 2 is 1.92 bits per heavy atom. The molecule has 1 heterocycles. The Morgan fingerprint density at radius 3 is 2.62 bits per heavy atom. The van der Waals surface area contributed by atoms with Gasteiger partial charge in [0.1, 0.15) is 10.1 Å². The van der Waals surface area contributed by atoms with Crippen molar-refractivity contribution in [3.63, 3.8) is 0 Å². The predicted octanol–water partition coefficient (Wildman–Crippen LogP) is 4.75. The number of thioether (sulfide) groups is 1. The maximum Gasteiger partial charge on any atom is 0.267 e. The highest BCUT2D eigenvalue weighted by Gasteiger charge is 2.31. The van der Waals surface area contributed by atoms with Gasteiger partial charge in [-0.05, 0) is 36.4 Å². The lowest BCUT2D eigenvalue weighted by molar-refractivity contribution is -0.121. The van der Waals surface area contributed by atoms with E-state index in [0.29, 0.717) is 19.8 Å². The second-order valence-corrected chi connectivity index (χ2v) is 7.09. The lowest BCUT2D eigenvalue weighted by Gasteiger charge is -2.16. The number of hydrogen-bond acceptors (Lipinski definition) is 4. The third-order valence-corrected chi connectivity index (χ3v) is 4.98. The van der Waals surface area contributed by atoms with Crippen LogP contribution in [-0.4, -0.2) is 21.8 Å². The minimum Gasteiger partial charge on any atom is -0.367 e. The Hall–Kier alpha value is -1.89.